The van der Waals surface area contributed by atoms with Crippen LogP contribution in [-0.2, 0) is 6.42 Å². The van der Waals surface area contributed by atoms with Crippen molar-refractivity contribution < 1.29 is 9.53 Å². The molecule has 2 N–H and O–H groups in total. The van der Waals surface area contributed by atoms with Crippen molar-refractivity contribution in [3.8, 4) is 16.9 Å². The third-order valence-electron chi connectivity index (χ3n) is 3.53. The van der Waals surface area contributed by atoms with E-state index in [1.807, 2.05) is 31.2 Å². The first-order valence-electron chi connectivity index (χ1n) is 6.32. The largest absolute Gasteiger partial charge is 0.492 e. The number of benzene rings is 2. The monoisotopic (exact) mass is 253 g/mol. The number of rotatable bonds is 2. The lowest BCUT2D eigenvalue weighted by Gasteiger charge is -2.11. The topological polar surface area (TPSA) is 52.3 Å². The van der Waals surface area contributed by atoms with Gasteiger partial charge in [-0.15, -0.1) is 0 Å². The standard InChI is InChI=1S/C16H15NO2/c1-10-5-6-12(16(17)18)9-14(10)13-4-2-3-11-7-8-19-15(11)13/h2-6,9H,7-8H2,1H3,(H2,17,18). The van der Waals surface area contributed by atoms with E-state index in [4.69, 9.17) is 10.5 Å². The molecule has 0 radical (unpaired) electrons. The molecule has 1 aliphatic rings. The number of fused-ring (bicyclic) bond motifs is 1. The Labute approximate surface area is 112 Å². The molecule has 2 aromatic carbocycles. The predicted octanol–water partition coefficient (Wildman–Crippen LogP) is 2.70. The Bertz CT molecular complexity index is 662. The van der Waals surface area contributed by atoms with Crippen molar-refractivity contribution in [3.05, 3.63) is 53.1 Å². The fraction of sp³-hybridized carbons (Fsp3) is 0.188. The maximum Gasteiger partial charge on any atom is 0.248 e. The van der Waals surface area contributed by atoms with E-state index in [-0.39, 0.29) is 0 Å². The van der Waals surface area contributed by atoms with Gasteiger partial charge in [0.15, 0.2) is 0 Å². The second-order valence-corrected chi connectivity index (χ2v) is 4.79. The van der Waals surface area contributed by atoms with E-state index in [1.54, 1.807) is 6.07 Å². The van der Waals surface area contributed by atoms with Gasteiger partial charge >= 0.3 is 0 Å². The molecule has 3 rings (SSSR count). The normalized spacial score (nSPS) is 12.9. The van der Waals surface area contributed by atoms with Gasteiger partial charge in [0.2, 0.25) is 5.91 Å². The van der Waals surface area contributed by atoms with Gasteiger partial charge in [-0.25, -0.2) is 0 Å². The Kier molecular flexibility index (Phi) is 2.75. The van der Waals surface area contributed by atoms with Crippen molar-refractivity contribution in [1.29, 1.82) is 0 Å². The zero-order chi connectivity index (χ0) is 13.4. The average Bonchev–Trinajstić information content (AvgIpc) is 2.87. The van der Waals surface area contributed by atoms with E-state index < -0.39 is 5.91 Å². The quantitative estimate of drug-likeness (QED) is 0.894. The fourth-order valence-electron chi connectivity index (χ4n) is 2.49. The minimum absolute atomic E-state index is 0.408. The third-order valence-corrected chi connectivity index (χ3v) is 3.53. The molecule has 0 unspecified atom stereocenters. The summed E-state index contributed by atoms with van der Waals surface area (Å²) in [5, 5.41) is 0. The maximum atomic E-state index is 11.3. The van der Waals surface area contributed by atoms with Gasteiger partial charge in [-0.05, 0) is 35.7 Å². The van der Waals surface area contributed by atoms with E-state index in [1.165, 1.54) is 5.56 Å². The van der Waals surface area contributed by atoms with Crippen LogP contribution in [-0.4, -0.2) is 12.5 Å². The van der Waals surface area contributed by atoms with Gasteiger partial charge in [-0.1, -0.05) is 24.3 Å². The molecule has 0 atom stereocenters. The average molecular weight is 253 g/mol. The van der Waals surface area contributed by atoms with Gasteiger partial charge < -0.3 is 10.5 Å². The Morgan fingerprint density at radius 2 is 2.05 bits per heavy atom. The molecule has 96 valence electrons. The first-order valence-corrected chi connectivity index (χ1v) is 6.32. The molecule has 0 saturated carbocycles. The Balaban J connectivity index is 2.20. The number of carbonyl (C=O) groups excluding carboxylic acids is 1. The number of primary amides is 1. The molecule has 0 bridgehead atoms. The highest BCUT2D eigenvalue weighted by atomic mass is 16.5. The zero-order valence-corrected chi connectivity index (χ0v) is 10.8. The van der Waals surface area contributed by atoms with Gasteiger partial charge in [0.05, 0.1) is 6.61 Å². The lowest BCUT2D eigenvalue weighted by atomic mass is 9.95. The number of hydrogen-bond donors (Lipinski definition) is 1. The zero-order valence-electron chi connectivity index (χ0n) is 10.8. The van der Waals surface area contributed by atoms with Crippen LogP contribution in [0.3, 0.4) is 0 Å². The van der Waals surface area contributed by atoms with Crippen LogP contribution < -0.4 is 10.5 Å². The molecule has 0 aliphatic carbocycles. The Morgan fingerprint density at radius 3 is 2.84 bits per heavy atom. The lowest BCUT2D eigenvalue weighted by molar-refractivity contribution is 0.100. The van der Waals surface area contributed by atoms with Crippen LogP contribution in [0.1, 0.15) is 21.5 Å². The van der Waals surface area contributed by atoms with Gasteiger partial charge in [0.1, 0.15) is 5.75 Å². The van der Waals surface area contributed by atoms with Crippen molar-refractivity contribution in [2.45, 2.75) is 13.3 Å². The predicted molar refractivity (Wildman–Crippen MR) is 74.3 cm³/mol. The second kappa shape index (κ2) is 4.43. The smallest absolute Gasteiger partial charge is 0.248 e. The van der Waals surface area contributed by atoms with Crippen LogP contribution in [0.5, 0.6) is 5.75 Å². The summed E-state index contributed by atoms with van der Waals surface area (Å²) >= 11 is 0. The minimum Gasteiger partial charge on any atom is -0.492 e. The highest BCUT2D eigenvalue weighted by Gasteiger charge is 2.18. The van der Waals surface area contributed by atoms with Crippen LogP contribution in [0.4, 0.5) is 0 Å². The number of amides is 1. The number of nitrogens with two attached hydrogens (primary N) is 1. The van der Waals surface area contributed by atoms with Crippen molar-refractivity contribution in [1.82, 2.24) is 0 Å². The van der Waals surface area contributed by atoms with Crippen molar-refractivity contribution >= 4 is 5.91 Å². The van der Waals surface area contributed by atoms with Crippen LogP contribution >= 0.6 is 0 Å². The highest BCUT2D eigenvalue weighted by Crippen LogP contribution is 2.38. The van der Waals surface area contributed by atoms with E-state index in [9.17, 15) is 4.79 Å². The highest BCUT2D eigenvalue weighted by molar-refractivity contribution is 5.94. The molecule has 0 spiro atoms. The molecule has 0 aromatic heterocycles. The van der Waals surface area contributed by atoms with E-state index >= 15 is 0 Å². The summed E-state index contributed by atoms with van der Waals surface area (Å²) < 4.78 is 5.72. The summed E-state index contributed by atoms with van der Waals surface area (Å²) in [7, 11) is 0. The van der Waals surface area contributed by atoms with E-state index in [0.29, 0.717) is 5.56 Å². The Hall–Kier alpha value is -2.29. The molecule has 0 saturated heterocycles. The van der Waals surface area contributed by atoms with Crippen molar-refractivity contribution in [2.75, 3.05) is 6.61 Å². The summed E-state index contributed by atoms with van der Waals surface area (Å²) in [6.45, 7) is 2.75. The van der Waals surface area contributed by atoms with Crippen molar-refractivity contribution in [2.24, 2.45) is 5.73 Å². The lowest BCUT2D eigenvalue weighted by Crippen LogP contribution is -2.11. The Morgan fingerprint density at radius 1 is 1.21 bits per heavy atom. The molecule has 0 fully saturated rings. The fourth-order valence-corrected chi connectivity index (χ4v) is 2.49. The molecule has 3 nitrogen and oxygen atoms in total. The number of aryl methyl sites for hydroxylation is 1. The van der Waals surface area contributed by atoms with Crippen LogP contribution in [0, 0.1) is 6.92 Å². The van der Waals surface area contributed by atoms with Gasteiger partial charge in [-0.3, -0.25) is 4.79 Å². The minimum atomic E-state index is -0.408. The summed E-state index contributed by atoms with van der Waals surface area (Å²) in [5.41, 5.74) is 10.3. The molecular weight excluding hydrogens is 238 g/mol. The third kappa shape index (κ3) is 1.97. The number of ether oxygens (including phenoxy) is 1. The summed E-state index contributed by atoms with van der Waals surface area (Å²) in [6, 6.07) is 11.7. The van der Waals surface area contributed by atoms with E-state index in [2.05, 4.69) is 6.07 Å². The molecule has 1 amide bonds. The molecule has 1 heterocycles. The number of hydrogen-bond acceptors (Lipinski definition) is 2. The van der Waals surface area contributed by atoms with Gasteiger partial charge in [0.25, 0.3) is 0 Å². The van der Waals surface area contributed by atoms with Crippen molar-refractivity contribution in [3.63, 3.8) is 0 Å². The maximum absolute atomic E-state index is 11.3. The first-order chi connectivity index (χ1) is 9.16. The van der Waals surface area contributed by atoms with E-state index in [0.717, 1.165) is 35.5 Å². The first kappa shape index (κ1) is 11.8. The van der Waals surface area contributed by atoms with Gasteiger partial charge in [0, 0.05) is 17.5 Å². The molecule has 19 heavy (non-hydrogen) atoms. The summed E-state index contributed by atoms with van der Waals surface area (Å²) in [4.78, 5) is 11.3. The number of carbonyl (C=O) groups is 1. The summed E-state index contributed by atoms with van der Waals surface area (Å²) in [5.74, 6) is 0.530. The summed E-state index contributed by atoms with van der Waals surface area (Å²) in [6.07, 6.45) is 0.942. The molecule has 3 heteroatoms. The molecule has 1 aliphatic heterocycles. The van der Waals surface area contributed by atoms with Crippen LogP contribution in [0.2, 0.25) is 0 Å². The second-order valence-electron chi connectivity index (χ2n) is 4.79. The molecular formula is C16H15NO2. The van der Waals surface area contributed by atoms with Crippen LogP contribution in [0.15, 0.2) is 36.4 Å². The molecule has 2 aromatic rings. The SMILES string of the molecule is Cc1ccc(C(N)=O)cc1-c1cccc2c1OCC2. The number of para-hydroxylation sites is 1. The van der Waals surface area contributed by atoms with Gasteiger partial charge in [-0.2, -0.15) is 0 Å². The van der Waals surface area contributed by atoms with Crippen LogP contribution in [0.25, 0.3) is 11.1 Å².